The molecule has 0 radical (unpaired) electrons. The number of nitro groups is 1. The Hall–Kier alpha value is -2.43. The van der Waals surface area contributed by atoms with E-state index in [1.165, 1.54) is 18.2 Å². The Bertz CT molecular complexity index is 499. The van der Waals surface area contributed by atoms with Crippen LogP contribution in [0.25, 0.3) is 6.08 Å². The fourth-order valence-electron chi connectivity index (χ4n) is 1.27. The maximum absolute atomic E-state index is 10.7. The molecule has 1 aromatic rings. The summed E-state index contributed by atoms with van der Waals surface area (Å²) in [7, 11) is 0. The molecular formula is C11H7NO4. The summed E-state index contributed by atoms with van der Waals surface area (Å²) in [6.45, 7) is 0. The van der Waals surface area contributed by atoms with Gasteiger partial charge in [-0.05, 0) is 29.8 Å². The molecule has 0 saturated carbocycles. The van der Waals surface area contributed by atoms with Gasteiger partial charge in [0.15, 0.2) is 0 Å². The van der Waals surface area contributed by atoms with Crippen molar-refractivity contribution < 1.29 is 14.5 Å². The van der Waals surface area contributed by atoms with Gasteiger partial charge in [-0.25, -0.2) is 4.79 Å². The third-order valence-electron chi connectivity index (χ3n) is 2.01. The van der Waals surface area contributed by atoms with Gasteiger partial charge in [-0.1, -0.05) is 0 Å². The van der Waals surface area contributed by atoms with Crippen molar-refractivity contribution in [3.05, 3.63) is 57.9 Å². The van der Waals surface area contributed by atoms with Gasteiger partial charge in [0.25, 0.3) is 5.69 Å². The monoisotopic (exact) mass is 217 g/mol. The van der Waals surface area contributed by atoms with Gasteiger partial charge in [0.05, 0.1) is 4.92 Å². The molecule has 2 rings (SSSR count). The van der Waals surface area contributed by atoms with Crippen molar-refractivity contribution in [2.24, 2.45) is 0 Å². The average Bonchev–Trinajstić information content (AvgIpc) is 2.65. The molecule has 0 amide bonds. The van der Waals surface area contributed by atoms with Crippen LogP contribution in [0.3, 0.4) is 0 Å². The first-order valence-electron chi connectivity index (χ1n) is 4.51. The largest absolute Gasteiger partial charge is 0.423 e. The number of esters is 1. The van der Waals surface area contributed by atoms with E-state index in [4.69, 9.17) is 4.74 Å². The molecule has 80 valence electrons. The van der Waals surface area contributed by atoms with Crippen LogP contribution in [-0.4, -0.2) is 10.9 Å². The highest BCUT2D eigenvalue weighted by Crippen LogP contribution is 2.17. The number of non-ortho nitro benzene ring substituents is 1. The lowest BCUT2D eigenvalue weighted by Gasteiger charge is -1.96. The van der Waals surface area contributed by atoms with E-state index in [1.807, 2.05) is 0 Å². The number of carbonyl (C=O) groups is 1. The summed E-state index contributed by atoms with van der Waals surface area (Å²) in [6.07, 6.45) is 4.49. The number of benzene rings is 1. The molecule has 0 aliphatic carbocycles. The maximum Gasteiger partial charge on any atom is 0.336 e. The zero-order valence-corrected chi connectivity index (χ0v) is 8.12. The second-order valence-electron chi connectivity index (χ2n) is 3.15. The minimum Gasteiger partial charge on any atom is -0.423 e. The van der Waals surface area contributed by atoms with Crippen molar-refractivity contribution in [3.63, 3.8) is 0 Å². The van der Waals surface area contributed by atoms with Crippen molar-refractivity contribution in [1.29, 1.82) is 0 Å². The Balaban J connectivity index is 2.20. The van der Waals surface area contributed by atoms with Crippen molar-refractivity contribution >= 4 is 17.7 Å². The SMILES string of the molecule is O=C1C=C/C(=C\c2ccc([N+](=O)[O-])cc2)O1. The normalized spacial score (nSPS) is 16.5. The van der Waals surface area contributed by atoms with Gasteiger partial charge in [0.2, 0.25) is 0 Å². The third-order valence-corrected chi connectivity index (χ3v) is 2.01. The molecule has 0 bridgehead atoms. The molecule has 1 aliphatic rings. The summed E-state index contributed by atoms with van der Waals surface area (Å²) < 4.78 is 4.82. The molecule has 0 spiro atoms. The first kappa shape index (κ1) is 10.1. The Morgan fingerprint density at radius 3 is 2.38 bits per heavy atom. The Labute approximate surface area is 90.8 Å². The minimum atomic E-state index is -0.466. The zero-order chi connectivity index (χ0) is 11.5. The predicted molar refractivity (Wildman–Crippen MR) is 56.3 cm³/mol. The van der Waals surface area contributed by atoms with E-state index in [2.05, 4.69) is 0 Å². The van der Waals surface area contributed by atoms with Gasteiger partial charge in [0.1, 0.15) is 5.76 Å². The van der Waals surface area contributed by atoms with Gasteiger partial charge in [-0.15, -0.1) is 0 Å². The quantitative estimate of drug-likeness (QED) is 0.432. The summed E-state index contributed by atoms with van der Waals surface area (Å²) in [5.41, 5.74) is 0.765. The molecule has 5 heteroatoms. The van der Waals surface area contributed by atoms with E-state index in [0.717, 1.165) is 5.56 Å². The summed E-state index contributed by atoms with van der Waals surface area (Å²) in [4.78, 5) is 20.7. The number of hydrogen-bond acceptors (Lipinski definition) is 4. The first-order valence-corrected chi connectivity index (χ1v) is 4.51. The summed E-state index contributed by atoms with van der Waals surface area (Å²) >= 11 is 0. The minimum absolute atomic E-state index is 0.0288. The molecule has 0 N–H and O–H groups in total. The number of cyclic esters (lactones) is 1. The highest BCUT2D eigenvalue weighted by molar-refractivity contribution is 5.87. The van der Waals surface area contributed by atoms with Crippen molar-refractivity contribution in [2.75, 3.05) is 0 Å². The number of carbonyl (C=O) groups excluding carboxylic acids is 1. The van der Waals surface area contributed by atoms with Crippen LogP contribution in [0, 0.1) is 10.1 Å². The van der Waals surface area contributed by atoms with Crippen LogP contribution >= 0.6 is 0 Å². The second kappa shape index (κ2) is 3.98. The predicted octanol–water partition coefficient (Wildman–Crippen LogP) is 2.05. The lowest BCUT2D eigenvalue weighted by atomic mass is 10.2. The van der Waals surface area contributed by atoms with Crippen molar-refractivity contribution in [3.8, 4) is 0 Å². The summed E-state index contributed by atoms with van der Waals surface area (Å²) in [5.74, 6) is 0.0204. The highest BCUT2D eigenvalue weighted by atomic mass is 16.6. The van der Waals surface area contributed by atoms with E-state index in [9.17, 15) is 14.9 Å². The van der Waals surface area contributed by atoms with Crippen LogP contribution < -0.4 is 0 Å². The van der Waals surface area contributed by atoms with Crippen LogP contribution in [0.15, 0.2) is 42.2 Å². The zero-order valence-electron chi connectivity index (χ0n) is 8.12. The van der Waals surface area contributed by atoms with Crippen LogP contribution in [-0.2, 0) is 9.53 Å². The topological polar surface area (TPSA) is 69.4 Å². The van der Waals surface area contributed by atoms with Crippen LogP contribution in [0.5, 0.6) is 0 Å². The molecule has 0 fully saturated rings. The molecule has 1 aromatic carbocycles. The molecular weight excluding hydrogens is 210 g/mol. The van der Waals surface area contributed by atoms with Gasteiger partial charge in [0, 0.05) is 18.2 Å². The standard InChI is InChI=1S/C11H7NO4/c13-11-6-5-10(16-11)7-8-1-3-9(4-2-8)12(14)15/h1-7H/b10-7+. The lowest BCUT2D eigenvalue weighted by molar-refractivity contribution is -0.384. The molecule has 0 saturated heterocycles. The van der Waals surface area contributed by atoms with E-state index in [1.54, 1.807) is 24.3 Å². The third kappa shape index (κ3) is 2.14. The molecule has 16 heavy (non-hydrogen) atoms. The van der Waals surface area contributed by atoms with E-state index in [-0.39, 0.29) is 5.69 Å². The van der Waals surface area contributed by atoms with E-state index in [0.29, 0.717) is 5.76 Å². The van der Waals surface area contributed by atoms with Crippen LogP contribution in [0.4, 0.5) is 5.69 Å². The number of allylic oxidation sites excluding steroid dienone is 1. The summed E-state index contributed by atoms with van der Waals surface area (Å²) in [6, 6.07) is 5.97. The van der Waals surface area contributed by atoms with E-state index < -0.39 is 10.9 Å². The van der Waals surface area contributed by atoms with Crippen molar-refractivity contribution in [2.45, 2.75) is 0 Å². The van der Waals surface area contributed by atoms with Gasteiger partial charge in [-0.3, -0.25) is 10.1 Å². The second-order valence-corrected chi connectivity index (χ2v) is 3.15. The number of hydrogen-bond donors (Lipinski definition) is 0. The van der Waals surface area contributed by atoms with E-state index >= 15 is 0 Å². The molecule has 5 nitrogen and oxygen atoms in total. The lowest BCUT2D eigenvalue weighted by Crippen LogP contribution is -1.90. The average molecular weight is 217 g/mol. The summed E-state index contributed by atoms with van der Waals surface area (Å²) in [5, 5.41) is 10.4. The number of ether oxygens (including phenoxy) is 1. The Morgan fingerprint density at radius 2 is 1.88 bits per heavy atom. The first-order chi connectivity index (χ1) is 7.65. The fraction of sp³-hybridized carbons (Fsp3) is 0. The molecule has 0 unspecified atom stereocenters. The van der Waals surface area contributed by atoms with Crippen molar-refractivity contribution in [1.82, 2.24) is 0 Å². The smallest absolute Gasteiger partial charge is 0.336 e. The van der Waals surface area contributed by atoms with Gasteiger partial charge < -0.3 is 4.74 Å². The molecule has 0 atom stereocenters. The van der Waals surface area contributed by atoms with Gasteiger partial charge >= 0.3 is 5.97 Å². The highest BCUT2D eigenvalue weighted by Gasteiger charge is 2.09. The van der Waals surface area contributed by atoms with Crippen LogP contribution in [0.2, 0.25) is 0 Å². The van der Waals surface area contributed by atoms with Crippen LogP contribution in [0.1, 0.15) is 5.56 Å². The molecule has 1 heterocycles. The Kier molecular flexibility index (Phi) is 2.51. The number of rotatable bonds is 2. The van der Waals surface area contributed by atoms with Gasteiger partial charge in [-0.2, -0.15) is 0 Å². The number of nitrogens with zero attached hydrogens (tertiary/aromatic N) is 1. The Morgan fingerprint density at radius 1 is 1.19 bits per heavy atom. The maximum atomic E-state index is 10.7. The number of nitro benzene ring substituents is 1. The molecule has 1 aliphatic heterocycles. The molecule has 0 aromatic heterocycles. The fourth-order valence-corrected chi connectivity index (χ4v) is 1.27.